The van der Waals surface area contributed by atoms with Crippen LogP contribution in [0.5, 0.6) is 5.75 Å². The van der Waals surface area contributed by atoms with Crippen molar-refractivity contribution in [2.75, 3.05) is 12.0 Å². The molecule has 6 rings (SSSR count). The lowest BCUT2D eigenvalue weighted by Crippen LogP contribution is -2.61. The summed E-state index contributed by atoms with van der Waals surface area (Å²) in [6.07, 6.45) is 3.00. The molecule has 0 spiro atoms. The molecule has 0 radical (unpaired) electrons. The molecule has 0 unspecified atom stereocenters. The fraction of sp³-hybridized carbons (Fsp3) is 0.420. The number of fused-ring (bicyclic) bond motifs is 2. The van der Waals surface area contributed by atoms with Crippen molar-refractivity contribution < 1.29 is 72.9 Å². The summed E-state index contributed by atoms with van der Waals surface area (Å²) in [6, 6.07) is 14.2. The fourth-order valence-corrected chi connectivity index (χ4v) is 11.4. The SMILES string of the molecule is CC[C@H](C)[C@H](NC(=O)[C@H](Cc1ccc(O)cc1)NC(=O)[C@@H](N)CCSC)C(=O)N[C@@H](C)C(=O)N[C@@H](Cc1c[nH]c2ccccc12)C(=O)N[C@@H](Cc1c[nH]c2ccccc12)C(=O)N[C@@H](CC(C)C)C(=O)N[C@@H](CCC(=O)O)C(=O)N[C@@H](CC(N)=O)C(=O)N[C@@H](Cc1ccccc1)C(=O)O. The number of carbonyl (C=O) groups is 12. The highest BCUT2D eigenvalue weighted by atomic mass is 32.2. The Morgan fingerprint density at radius 2 is 0.939 bits per heavy atom. The third-order valence-corrected chi connectivity index (χ3v) is 17.2. The second-order valence-corrected chi connectivity index (χ2v) is 25.7. The van der Waals surface area contributed by atoms with Crippen LogP contribution in [0.15, 0.2) is 116 Å². The van der Waals surface area contributed by atoms with Gasteiger partial charge in [-0.2, -0.15) is 11.8 Å². The first-order valence-electron chi connectivity index (χ1n) is 32.3. The molecule has 0 aliphatic carbocycles. The maximum absolute atomic E-state index is 15.2. The van der Waals surface area contributed by atoms with Gasteiger partial charge in [-0.15, -0.1) is 0 Å². The van der Waals surface area contributed by atoms with Crippen molar-refractivity contribution in [2.45, 2.75) is 159 Å². The van der Waals surface area contributed by atoms with Crippen LogP contribution in [0.1, 0.15) is 95.4 Å². The molecular weight excluding hydrogens is 1280 g/mol. The summed E-state index contributed by atoms with van der Waals surface area (Å²) in [4.78, 5) is 172. The van der Waals surface area contributed by atoms with Crippen LogP contribution in [0.2, 0.25) is 0 Å². The number of benzene rings is 4. The van der Waals surface area contributed by atoms with Crippen molar-refractivity contribution in [2.24, 2.45) is 23.3 Å². The van der Waals surface area contributed by atoms with Crippen molar-refractivity contribution in [1.82, 2.24) is 57.8 Å². The van der Waals surface area contributed by atoms with E-state index in [-0.39, 0.29) is 43.8 Å². The number of para-hydroxylation sites is 2. The number of amides is 10. The van der Waals surface area contributed by atoms with E-state index >= 15 is 9.59 Å². The maximum Gasteiger partial charge on any atom is 0.326 e. The monoisotopic (exact) mass is 1370 g/mol. The lowest BCUT2D eigenvalue weighted by Gasteiger charge is -2.29. The predicted molar refractivity (Wildman–Crippen MR) is 367 cm³/mol. The molecule has 0 aliphatic rings. The second-order valence-electron chi connectivity index (χ2n) is 24.7. The molecular formula is C69H89N13O15S. The predicted octanol–water partition coefficient (Wildman–Crippen LogP) is 2.01. The maximum atomic E-state index is 15.2. The number of phenols is 1. The zero-order valence-corrected chi connectivity index (χ0v) is 56.3. The zero-order valence-electron chi connectivity index (χ0n) is 55.5. The molecule has 526 valence electrons. The van der Waals surface area contributed by atoms with Gasteiger partial charge in [-0.25, -0.2) is 4.79 Å². The van der Waals surface area contributed by atoms with E-state index in [2.05, 4.69) is 57.8 Å². The number of thioether (sulfide) groups is 1. The number of phenolic OH excluding ortho intramolecular Hbond substituents is 1. The van der Waals surface area contributed by atoms with E-state index in [0.717, 1.165) is 0 Å². The van der Waals surface area contributed by atoms with Crippen molar-refractivity contribution in [1.29, 1.82) is 0 Å². The number of carboxylic acids is 2. The standard InChI is InChI=1S/C69H89N13O15S/c1-7-38(4)59(82-67(94)52(30-41-21-23-44(83)24-22-41)77-61(88)47(70)27-28-98-6)68(95)74-39(5)60(87)76-53(32-42-35-72-48-19-13-11-17-45(42)48)64(91)79-54(33-43-36-73-49-20-14-12-18-46(43)49)65(92)78-51(29-37(2)3)63(90)75-50(25-26-58(85)86)62(89)80-55(34-57(71)84)66(93)81-56(69(96)97)31-40-15-9-8-10-16-40/h8-24,35-39,47,50-56,59,72-73,83H,7,25-34,70H2,1-6H3,(H2,71,84)(H,74,95)(H,75,90)(H,76,87)(H,77,88)(H,78,92)(H,79,91)(H,80,89)(H,81,93)(H,82,94)(H,85,86)(H,96,97)/t38-,39-,47-,50-,51-,52-,53-,54-,55-,56-,59-/m0/s1. The van der Waals surface area contributed by atoms with Gasteiger partial charge in [-0.3, -0.25) is 52.7 Å². The fourth-order valence-electron chi connectivity index (χ4n) is 10.9. The van der Waals surface area contributed by atoms with Crippen LogP contribution in [-0.2, 0) is 83.2 Å². The van der Waals surface area contributed by atoms with Gasteiger partial charge in [0.2, 0.25) is 59.1 Å². The average Bonchev–Trinajstić information content (AvgIpc) is 1.67. The van der Waals surface area contributed by atoms with Gasteiger partial charge in [0.05, 0.1) is 12.5 Å². The van der Waals surface area contributed by atoms with Crippen molar-refractivity contribution in [3.05, 3.63) is 138 Å². The van der Waals surface area contributed by atoms with Crippen molar-refractivity contribution in [3.8, 4) is 5.75 Å². The molecule has 0 saturated carbocycles. The molecule has 98 heavy (non-hydrogen) atoms. The molecule has 11 atom stereocenters. The van der Waals surface area contributed by atoms with Gasteiger partial charge in [0.1, 0.15) is 60.1 Å². The normalized spacial score (nSPS) is 14.7. The van der Waals surface area contributed by atoms with Gasteiger partial charge in [0, 0.05) is 66.3 Å². The molecule has 0 aliphatic heterocycles. The minimum absolute atomic E-state index is 0.0201. The summed E-state index contributed by atoms with van der Waals surface area (Å²) in [7, 11) is 0. The molecule has 0 bridgehead atoms. The van der Waals surface area contributed by atoms with Crippen LogP contribution in [-0.4, -0.2) is 169 Å². The van der Waals surface area contributed by atoms with Crippen LogP contribution in [0.4, 0.5) is 0 Å². The molecule has 2 heterocycles. The molecule has 28 nitrogen and oxygen atoms in total. The number of aliphatic carboxylic acids is 2. The molecule has 2 aromatic heterocycles. The number of nitrogens with one attached hydrogen (secondary N) is 11. The van der Waals surface area contributed by atoms with Crippen LogP contribution in [0.25, 0.3) is 21.8 Å². The number of carbonyl (C=O) groups excluding carboxylic acids is 10. The number of aromatic hydroxyl groups is 1. The van der Waals surface area contributed by atoms with Crippen molar-refractivity contribution in [3.63, 3.8) is 0 Å². The van der Waals surface area contributed by atoms with E-state index in [1.54, 1.807) is 131 Å². The summed E-state index contributed by atoms with van der Waals surface area (Å²) in [5.74, 6) is -12.3. The quantitative estimate of drug-likeness (QED) is 0.0262. The van der Waals surface area contributed by atoms with E-state index in [1.165, 1.54) is 30.8 Å². The Morgan fingerprint density at radius 3 is 1.48 bits per heavy atom. The Bertz CT molecular complexity index is 3770. The van der Waals surface area contributed by atoms with Crippen molar-refractivity contribution >= 4 is 105 Å². The lowest BCUT2D eigenvalue weighted by molar-refractivity contribution is -0.142. The molecule has 6 aromatic rings. The van der Waals surface area contributed by atoms with Gasteiger partial charge in [-0.05, 0) is 96.5 Å². The third-order valence-electron chi connectivity index (χ3n) is 16.5. The number of aromatic nitrogens is 2. The smallest absolute Gasteiger partial charge is 0.326 e. The van der Waals surface area contributed by atoms with Crippen LogP contribution in [0, 0.1) is 11.8 Å². The Labute approximate surface area is 570 Å². The molecule has 18 N–H and O–H groups in total. The third kappa shape index (κ3) is 23.2. The summed E-state index contributed by atoms with van der Waals surface area (Å²) in [6.45, 7) is 8.34. The van der Waals surface area contributed by atoms with Crippen LogP contribution in [0.3, 0.4) is 0 Å². The minimum Gasteiger partial charge on any atom is -0.508 e. The Balaban J connectivity index is 1.27. The number of aromatic amines is 2. The van der Waals surface area contributed by atoms with E-state index in [0.29, 0.717) is 62.7 Å². The van der Waals surface area contributed by atoms with Crippen LogP contribution >= 0.6 is 11.8 Å². The Kier molecular flexibility index (Phi) is 29.2. The number of rotatable bonds is 39. The topological polar surface area (TPSA) is 457 Å². The number of H-pyrrole nitrogens is 2. The number of primary amides is 1. The zero-order chi connectivity index (χ0) is 71.8. The molecule has 10 amide bonds. The number of hydrogen-bond acceptors (Lipinski definition) is 15. The largest absolute Gasteiger partial charge is 0.508 e. The van der Waals surface area contributed by atoms with E-state index in [4.69, 9.17) is 11.5 Å². The van der Waals surface area contributed by atoms with Gasteiger partial charge in [0.25, 0.3) is 0 Å². The Hall–Kier alpha value is -10.3. The second kappa shape index (κ2) is 37.3. The molecule has 0 fully saturated rings. The summed E-state index contributed by atoms with van der Waals surface area (Å²) >= 11 is 1.49. The molecule has 29 heteroatoms. The van der Waals surface area contributed by atoms with Crippen LogP contribution < -0.4 is 59.3 Å². The number of carboxylic acid groups (broad SMARTS) is 2. The molecule has 0 saturated heterocycles. The highest BCUT2D eigenvalue weighted by Gasteiger charge is 2.37. The highest BCUT2D eigenvalue weighted by molar-refractivity contribution is 7.98. The van der Waals surface area contributed by atoms with Gasteiger partial charge < -0.3 is 84.6 Å². The lowest BCUT2D eigenvalue weighted by atomic mass is 9.96. The summed E-state index contributed by atoms with van der Waals surface area (Å²) in [5.41, 5.74) is 15.3. The first-order chi connectivity index (χ1) is 46.6. The number of hydrogen-bond donors (Lipinski definition) is 16. The van der Waals surface area contributed by atoms with Gasteiger partial charge in [0.15, 0.2) is 0 Å². The van der Waals surface area contributed by atoms with Gasteiger partial charge >= 0.3 is 11.9 Å². The van der Waals surface area contributed by atoms with E-state index in [9.17, 15) is 63.3 Å². The summed E-state index contributed by atoms with van der Waals surface area (Å²) in [5, 5.41) is 54.6. The first kappa shape index (κ1) is 76.7. The Morgan fingerprint density at radius 1 is 0.490 bits per heavy atom. The number of nitrogens with two attached hydrogens (primary N) is 2. The average molecular weight is 1370 g/mol. The first-order valence-corrected chi connectivity index (χ1v) is 33.7. The summed E-state index contributed by atoms with van der Waals surface area (Å²) < 4.78 is 0. The van der Waals surface area contributed by atoms with E-state index in [1.807, 2.05) is 6.26 Å². The highest BCUT2D eigenvalue weighted by Crippen LogP contribution is 2.23. The van der Waals surface area contributed by atoms with E-state index < -0.39 is 157 Å². The molecule has 4 aromatic carbocycles. The minimum atomic E-state index is -1.81. The van der Waals surface area contributed by atoms with Gasteiger partial charge in [-0.1, -0.05) is 113 Å².